The van der Waals surface area contributed by atoms with Crippen LogP contribution < -0.4 is 9.80 Å². The number of anilines is 2. The van der Waals surface area contributed by atoms with Gasteiger partial charge in [-0.15, -0.1) is 0 Å². The largest absolute Gasteiger partial charge is 0.368 e. The van der Waals surface area contributed by atoms with Crippen molar-refractivity contribution < 1.29 is 9.18 Å². The molecule has 0 radical (unpaired) electrons. The molecule has 4 rings (SSSR count). The van der Waals surface area contributed by atoms with Gasteiger partial charge in [0.15, 0.2) is 0 Å². The number of amides is 1. The highest BCUT2D eigenvalue weighted by Gasteiger charge is 2.24. The van der Waals surface area contributed by atoms with Crippen molar-refractivity contribution in [1.29, 1.82) is 0 Å². The molecule has 0 atom stereocenters. The Bertz CT molecular complexity index is 751. The van der Waals surface area contributed by atoms with Gasteiger partial charge in [-0.2, -0.15) is 0 Å². The van der Waals surface area contributed by atoms with Crippen molar-refractivity contribution in [2.45, 2.75) is 12.8 Å². The second-order valence-electron chi connectivity index (χ2n) is 6.71. The van der Waals surface area contributed by atoms with Crippen LogP contribution in [0.2, 0.25) is 0 Å². The van der Waals surface area contributed by atoms with E-state index in [-0.39, 0.29) is 11.7 Å². The maximum atomic E-state index is 13.0. The highest BCUT2D eigenvalue weighted by molar-refractivity contribution is 5.92. The number of hydrogen-bond donors (Lipinski definition) is 0. The minimum Gasteiger partial charge on any atom is -0.368 e. The van der Waals surface area contributed by atoms with Crippen LogP contribution in [-0.2, 0) is 0 Å². The number of nitrogens with zero attached hydrogens (tertiary/aromatic N) is 5. The summed E-state index contributed by atoms with van der Waals surface area (Å²) in [4.78, 5) is 27.6. The van der Waals surface area contributed by atoms with Crippen LogP contribution in [0, 0.1) is 5.82 Å². The van der Waals surface area contributed by atoms with Crippen LogP contribution in [-0.4, -0.2) is 60.0 Å². The zero-order chi connectivity index (χ0) is 17.9. The van der Waals surface area contributed by atoms with Crippen molar-refractivity contribution in [3.63, 3.8) is 0 Å². The molecule has 136 valence electrons. The SMILES string of the molecule is O=C(c1cnc(N2CCCC2)cn1)N1CCN(c2ccc(F)cc2)CC1. The summed E-state index contributed by atoms with van der Waals surface area (Å²) in [5.74, 6) is 0.530. The molecular formula is C19H22FN5O. The number of halogens is 1. The summed E-state index contributed by atoms with van der Waals surface area (Å²) in [7, 11) is 0. The first-order valence-corrected chi connectivity index (χ1v) is 9.07. The molecule has 2 aliphatic heterocycles. The Hall–Kier alpha value is -2.70. The number of aromatic nitrogens is 2. The van der Waals surface area contributed by atoms with Crippen LogP contribution in [0.4, 0.5) is 15.9 Å². The molecule has 0 saturated carbocycles. The summed E-state index contributed by atoms with van der Waals surface area (Å²) in [5, 5.41) is 0. The lowest BCUT2D eigenvalue weighted by Crippen LogP contribution is -2.49. The Morgan fingerprint density at radius 1 is 0.846 bits per heavy atom. The molecule has 0 bridgehead atoms. The molecule has 7 heteroatoms. The van der Waals surface area contributed by atoms with Crippen molar-refractivity contribution in [2.75, 3.05) is 49.1 Å². The predicted molar refractivity (Wildman–Crippen MR) is 98.0 cm³/mol. The van der Waals surface area contributed by atoms with Gasteiger partial charge in [0.25, 0.3) is 5.91 Å². The number of carbonyl (C=O) groups excluding carboxylic acids is 1. The molecule has 6 nitrogen and oxygen atoms in total. The Morgan fingerprint density at radius 3 is 2.15 bits per heavy atom. The van der Waals surface area contributed by atoms with E-state index in [1.807, 2.05) is 0 Å². The van der Waals surface area contributed by atoms with E-state index in [1.54, 1.807) is 29.4 Å². The van der Waals surface area contributed by atoms with Gasteiger partial charge in [0.2, 0.25) is 0 Å². The van der Waals surface area contributed by atoms with E-state index in [0.29, 0.717) is 18.8 Å². The van der Waals surface area contributed by atoms with Crippen LogP contribution >= 0.6 is 0 Å². The fourth-order valence-corrected chi connectivity index (χ4v) is 3.52. The van der Waals surface area contributed by atoms with Gasteiger partial charge in [-0.3, -0.25) is 4.79 Å². The third-order valence-electron chi connectivity index (χ3n) is 5.05. The predicted octanol–water partition coefficient (Wildman–Crippen LogP) is 2.18. The molecule has 26 heavy (non-hydrogen) atoms. The maximum Gasteiger partial charge on any atom is 0.274 e. The van der Waals surface area contributed by atoms with Gasteiger partial charge in [-0.1, -0.05) is 0 Å². The summed E-state index contributed by atoms with van der Waals surface area (Å²) in [6, 6.07) is 6.47. The zero-order valence-corrected chi connectivity index (χ0v) is 14.6. The molecule has 0 spiro atoms. The normalized spacial score (nSPS) is 17.7. The van der Waals surface area contributed by atoms with E-state index in [2.05, 4.69) is 19.8 Å². The summed E-state index contributed by atoms with van der Waals surface area (Å²) >= 11 is 0. The first-order valence-electron chi connectivity index (χ1n) is 9.07. The smallest absolute Gasteiger partial charge is 0.274 e. The number of piperazine rings is 1. The molecule has 2 fully saturated rings. The van der Waals surface area contributed by atoms with Crippen LogP contribution in [0.1, 0.15) is 23.3 Å². The number of hydrogen-bond acceptors (Lipinski definition) is 5. The van der Waals surface area contributed by atoms with E-state index in [9.17, 15) is 9.18 Å². The Kier molecular flexibility index (Phi) is 4.69. The Balaban J connectivity index is 1.36. The quantitative estimate of drug-likeness (QED) is 0.845. The minimum atomic E-state index is -0.237. The lowest BCUT2D eigenvalue weighted by molar-refractivity contribution is 0.0740. The molecule has 2 aromatic rings. The molecule has 2 saturated heterocycles. The van der Waals surface area contributed by atoms with Gasteiger partial charge < -0.3 is 14.7 Å². The van der Waals surface area contributed by atoms with Crippen molar-refractivity contribution in [1.82, 2.24) is 14.9 Å². The van der Waals surface area contributed by atoms with Crippen molar-refractivity contribution in [3.8, 4) is 0 Å². The van der Waals surface area contributed by atoms with Gasteiger partial charge >= 0.3 is 0 Å². The first-order chi connectivity index (χ1) is 12.7. The molecule has 2 aliphatic rings. The summed E-state index contributed by atoms with van der Waals surface area (Å²) in [5.41, 5.74) is 1.37. The lowest BCUT2D eigenvalue weighted by atomic mass is 10.2. The Morgan fingerprint density at radius 2 is 1.54 bits per heavy atom. The summed E-state index contributed by atoms with van der Waals surface area (Å²) in [6.45, 7) is 4.69. The standard InChI is InChI=1S/C19H22FN5O/c20-15-3-5-16(6-4-15)23-9-11-25(12-10-23)19(26)17-13-22-18(14-21-17)24-7-1-2-8-24/h3-6,13-14H,1-2,7-12H2. The van der Waals surface area contributed by atoms with Gasteiger partial charge in [-0.25, -0.2) is 14.4 Å². The summed E-state index contributed by atoms with van der Waals surface area (Å²) in [6.07, 6.45) is 5.65. The van der Waals surface area contributed by atoms with Crippen LogP contribution in [0.3, 0.4) is 0 Å². The number of carbonyl (C=O) groups is 1. The lowest BCUT2D eigenvalue weighted by Gasteiger charge is -2.36. The highest BCUT2D eigenvalue weighted by Crippen LogP contribution is 2.19. The third kappa shape index (κ3) is 3.47. The summed E-state index contributed by atoms with van der Waals surface area (Å²) < 4.78 is 13.0. The average Bonchev–Trinajstić information content (AvgIpc) is 3.23. The molecule has 3 heterocycles. The number of benzene rings is 1. The van der Waals surface area contributed by atoms with E-state index in [0.717, 1.165) is 37.7 Å². The first kappa shape index (κ1) is 16.8. The van der Waals surface area contributed by atoms with E-state index in [4.69, 9.17) is 0 Å². The molecular weight excluding hydrogens is 333 g/mol. The molecule has 1 aromatic carbocycles. The Labute approximate surface area is 152 Å². The van der Waals surface area contributed by atoms with E-state index < -0.39 is 0 Å². The fourth-order valence-electron chi connectivity index (χ4n) is 3.52. The second kappa shape index (κ2) is 7.27. The topological polar surface area (TPSA) is 52.6 Å². The van der Waals surface area contributed by atoms with Crippen LogP contribution in [0.15, 0.2) is 36.7 Å². The van der Waals surface area contributed by atoms with Gasteiger partial charge in [0.05, 0.1) is 12.4 Å². The van der Waals surface area contributed by atoms with Crippen molar-refractivity contribution in [2.24, 2.45) is 0 Å². The van der Waals surface area contributed by atoms with Crippen LogP contribution in [0.5, 0.6) is 0 Å². The zero-order valence-electron chi connectivity index (χ0n) is 14.6. The number of rotatable bonds is 3. The third-order valence-corrected chi connectivity index (χ3v) is 5.05. The maximum absolute atomic E-state index is 13.0. The van der Waals surface area contributed by atoms with Gasteiger partial charge in [-0.05, 0) is 37.1 Å². The molecule has 0 aliphatic carbocycles. The fraction of sp³-hybridized carbons (Fsp3) is 0.421. The van der Waals surface area contributed by atoms with E-state index >= 15 is 0 Å². The molecule has 1 amide bonds. The highest BCUT2D eigenvalue weighted by atomic mass is 19.1. The molecule has 1 aromatic heterocycles. The second-order valence-corrected chi connectivity index (χ2v) is 6.71. The van der Waals surface area contributed by atoms with Gasteiger partial charge in [0.1, 0.15) is 17.3 Å². The van der Waals surface area contributed by atoms with Crippen LogP contribution in [0.25, 0.3) is 0 Å². The van der Waals surface area contributed by atoms with Gasteiger partial charge in [0, 0.05) is 45.0 Å². The molecule has 0 N–H and O–H groups in total. The van der Waals surface area contributed by atoms with E-state index in [1.165, 1.54) is 25.0 Å². The monoisotopic (exact) mass is 355 g/mol. The van der Waals surface area contributed by atoms with Crippen molar-refractivity contribution >= 4 is 17.4 Å². The van der Waals surface area contributed by atoms with Crippen molar-refractivity contribution in [3.05, 3.63) is 48.2 Å². The molecule has 0 unspecified atom stereocenters. The average molecular weight is 355 g/mol. The minimum absolute atomic E-state index is 0.0794.